The number of rotatable bonds is 3. The van der Waals surface area contributed by atoms with Crippen molar-refractivity contribution in [2.24, 2.45) is 5.92 Å². The lowest BCUT2D eigenvalue weighted by Gasteiger charge is -2.20. The van der Waals surface area contributed by atoms with Gasteiger partial charge < -0.3 is 5.11 Å². The zero-order valence-electron chi connectivity index (χ0n) is 10.8. The lowest BCUT2D eigenvalue weighted by atomic mass is 10.0. The summed E-state index contributed by atoms with van der Waals surface area (Å²) in [6.07, 6.45) is -3.87. The highest BCUT2D eigenvalue weighted by atomic mass is 19.4. The van der Waals surface area contributed by atoms with Crippen LogP contribution in [0.15, 0.2) is 24.3 Å². The monoisotopic (exact) mass is 273 g/mol. The highest BCUT2D eigenvalue weighted by Crippen LogP contribution is 2.33. The van der Waals surface area contributed by atoms with Gasteiger partial charge in [0, 0.05) is 13.1 Å². The summed E-state index contributed by atoms with van der Waals surface area (Å²) in [5, 5.41) is 9.51. The predicted octanol–water partition coefficient (Wildman–Crippen LogP) is 2.91. The second kappa shape index (κ2) is 5.51. The lowest BCUT2D eigenvalue weighted by Crippen LogP contribution is -2.25. The highest BCUT2D eigenvalue weighted by molar-refractivity contribution is 5.29. The average Bonchev–Trinajstić information content (AvgIpc) is 2.77. The van der Waals surface area contributed by atoms with Gasteiger partial charge in [0.2, 0.25) is 0 Å². The van der Waals surface area contributed by atoms with Gasteiger partial charge in [-0.1, -0.05) is 18.2 Å². The van der Waals surface area contributed by atoms with Crippen molar-refractivity contribution in [1.29, 1.82) is 0 Å². The van der Waals surface area contributed by atoms with Crippen LogP contribution in [0, 0.1) is 5.92 Å². The number of benzene rings is 1. The summed E-state index contributed by atoms with van der Waals surface area (Å²) < 4.78 is 38.6. The molecule has 2 rings (SSSR count). The molecule has 0 bridgehead atoms. The molecule has 19 heavy (non-hydrogen) atoms. The van der Waals surface area contributed by atoms with E-state index >= 15 is 0 Å². The second-order valence-corrected chi connectivity index (χ2v) is 5.18. The van der Waals surface area contributed by atoms with Crippen molar-refractivity contribution in [3.05, 3.63) is 35.4 Å². The number of nitrogens with zero attached hydrogens (tertiary/aromatic N) is 1. The predicted molar refractivity (Wildman–Crippen MR) is 66.5 cm³/mol. The number of likely N-dealkylation sites (tertiary alicyclic amines) is 1. The molecule has 0 spiro atoms. The smallest absolute Gasteiger partial charge is 0.393 e. The summed E-state index contributed by atoms with van der Waals surface area (Å²) in [5.74, 6) is 0.165. The molecule has 0 aliphatic carbocycles. The van der Waals surface area contributed by atoms with E-state index in [0.717, 1.165) is 19.0 Å². The Morgan fingerprint density at radius 3 is 2.63 bits per heavy atom. The average molecular weight is 273 g/mol. The van der Waals surface area contributed by atoms with Gasteiger partial charge in [-0.05, 0) is 37.4 Å². The van der Waals surface area contributed by atoms with E-state index in [2.05, 4.69) is 0 Å². The van der Waals surface area contributed by atoms with Gasteiger partial charge in [0.1, 0.15) is 0 Å². The maximum absolute atomic E-state index is 12.9. The molecule has 1 aromatic rings. The second-order valence-electron chi connectivity index (χ2n) is 5.18. The molecule has 2 atom stereocenters. The van der Waals surface area contributed by atoms with Crippen molar-refractivity contribution in [3.8, 4) is 0 Å². The summed E-state index contributed by atoms with van der Waals surface area (Å²) in [6, 6.07) is 5.69. The third-order valence-electron chi connectivity index (χ3n) is 3.71. The van der Waals surface area contributed by atoms with Crippen LogP contribution in [-0.4, -0.2) is 29.2 Å². The van der Waals surface area contributed by atoms with Crippen molar-refractivity contribution in [2.75, 3.05) is 13.1 Å². The highest BCUT2D eigenvalue weighted by Gasteiger charge is 2.34. The van der Waals surface area contributed by atoms with Gasteiger partial charge in [0.05, 0.1) is 11.7 Å². The molecule has 1 saturated heterocycles. The number of aliphatic hydroxyl groups is 1. The third kappa shape index (κ3) is 3.48. The largest absolute Gasteiger partial charge is 0.416 e. The van der Waals surface area contributed by atoms with E-state index in [0.29, 0.717) is 18.7 Å². The lowest BCUT2D eigenvalue weighted by molar-refractivity contribution is -0.138. The Kier molecular flexibility index (Phi) is 4.16. The minimum Gasteiger partial charge on any atom is -0.393 e. The molecule has 0 aromatic heterocycles. The SMILES string of the molecule is CC(O)C1CCN(Cc2ccccc2C(F)(F)F)C1. The first-order valence-corrected chi connectivity index (χ1v) is 6.43. The summed E-state index contributed by atoms with van der Waals surface area (Å²) in [6.45, 7) is 3.42. The fourth-order valence-corrected chi connectivity index (χ4v) is 2.58. The molecule has 0 saturated carbocycles. The van der Waals surface area contributed by atoms with Crippen LogP contribution in [0.3, 0.4) is 0 Å². The first-order valence-electron chi connectivity index (χ1n) is 6.43. The standard InChI is InChI=1S/C14H18F3NO/c1-10(19)11-6-7-18(8-11)9-12-4-2-3-5-13(12)14(15,16)17/h2-5,10-11,19H,6-9H2,1H3. The first-order chi connectivity index (χ1) is 8.88. The van der Waals surface area contributed by atoms with E-state index in [1.54, 1.807) is 13.0 Å². The molecule has 2 nitrogen and oxygen atoms in total. The van der Waals surface area contributed by atoms with Gasteiger partial charge in [0.15, 0.2) is 0 Å². The summed E-state index contributed by atoms with van der Waals surface area (Å²) in [5.41, 5.74) is -0.253. The molecule has 5 heteroatoms. The molecule has 1 N–H and O–H groups in total. The summed E-state index contributed by atoms with van der Waals surface area (Å²) >= 11 is 0. The molecule has 2 unspecified atom stereocenters. The zero-order valence-corrected chi connectivity index (χ0v) is 10.8. The van der Waals surface area contributed by atoms with E-state index in [1.165, 1.54) is 12.1 Å². The Balaban J connectivity index is 2.08. The molecule has 0 radical (unpaired) electrons. The molecule has 1 aromatic carbocycles. The van der Waals surface area contributed by atoms with Gasteiger partial charge in [-0.3, -0.25) is 4.90 Å². The first kappa shape index (κ1) is 14.3. The minimum atomic E-state index is -4.31. The van der Waals surface area contributed by atoms with Crippen molar-refractivity contribution in [2.45, 2.75) is 32.2 Å². The van der Waals surface area contributed by atoms with Gasteiger partial charge in [-0.25, -0.2) is 0 Å². The summed E-state index contributed by atoms with van der Waals surface area (Å²) in [7, 11) is 0. The number of hydrogen-bond donors (Lipinski definition) is 1. The molecule has 1 aliphatic rings. The number of alkyl halides is 3. The van der Waals surface area contributed by atoms with E-state index < -0.39 is 17.8 Å². The Morgan fingerprint density at radius 2 is 2.05 bits per heavy atom. The molecular weight excluding hydrogens is 255 g/mol. The Labute approximate surface area is 110 Å². The van der Waals surface area contributed by atoms with Gasteiger partial charge in [-0.15, -0.1) is 0 Å². The van der Waals surface area contributed by atoms with Crippen LogP contribution < -0.4 is 0 Å². The fourth-order valence-electron chi connectivity index (χ4n) is 2.58. The van der Waals surface area contributed by atoms with Gasteiger partial charge >= 0.3 is 6.18 Å². The van der Waals surface area contributed by atoms with E-state index in [9.17, 15) is 18.3 Å². The van der Waals surface area contributed by atoms with Crippen molar-refractivity contribution in [3.63, 3.8) is 0 Å². The van der Waals surface area contributed by atoms with E-state index in [4.69, 9.17) is 0 Å². The minimum absolute atomic E-state index is 0.165. The molecule has 0 amide bonds. The Morgan fingerprint density at radius 1 is 1.37 bits per heavy atom. The van der Waals surface area contributed by atoms with Crippen molar-refractivity contribution < 1.29 is 18.3 Å². The van der Waals surface area contributed by atoms with Crippen LogP contribution >= 0.6 is 0 Å². The fraction of sp³-hybridized carbons (Fsp3) is 0.571. The van der Waals surface area contributed by atoms with Crippen molar-refractivity contribution in [1.82, 2.24) is 4.90 Å². The normalized spacial score (nSPS) is 22.7. The topological polar surface area (TPSA) is 23.5 Å². The van der Waals surface area contributed by atoms with Crippen LogP contribution in [0.2, 0.25) is 0 Å². The number of aliphatic hydroxyl groups excluding tert-OH is 1. The zero-order chi connectivity index (χ0) is 14.0. The number of halogens is 3. The maximum atomic E-state index is 12.9. The van der Waals surface area contributed by atoms with E-state index in [1.807, 2.05) is 4.90 Å². The molecule has 106 valence electrons. The molecule has 1 heterocycles. The van der Waals surface area contributed by atoms with E-state index in [-0.39, 0.29) is 5.92 Å². The third-order valence-corrected chi connectivity index (χ3v) is 3.71. The van der Waals surface area contributed by atoms with Crippen LogP contribution in [0.5, 0.6) is 0 Å². The Hall–Kier alpha value is -1.07. The molecular formula is C14H18F3NO. The Bertz CT molecular complexity index is 431. The molecule has 1 aliphatic heterocycles. The summed E-state index contributed by atoms with van der Waals surface area (Å²) in [4.78, 5) is 1.97. The van der Waals surface area contributed by atoms with Crippen LogP contribution in [0.1, 0.15) is 24.5 Å². The van der Waals surface area contributed by atoms with Crippen LogP contribution in [-0.2, 0) is 12.7 Å². The quantitative estimate of drug-likeness (QED) is 0.915. The van der Waals surface area contributed by atoms with Gasteiger partial charge in [0.25, 0.3) is 0 Å². The van der Waals surface area contributed by atoms with Crippen LogP contribution in [0.25, 0.3) is 0 Å². The molecule has 1 fully saturated rings. The van der Waals surface area contributed by atoms with Crippen molar-refractivity contribution >= 4 is 0 Å². The van der Waals surface area contributed by atoms with Crippen LogP contribution in [0.4, 0.5) is 13.2 Å². The number of hydrogen-bond acceptors (Lipinski definition) is 2. The van der Waals surface area contributed by atoms with Gasteiger partial charge in [-0.2, -0.15) is 13.2 Å². The maximum Gasteiger partial charge on any atom is 0.416 e.